The smallest absolute Gasteiger partial charge is 0.139 e. The Kier molecular flexibility index (Phi) is 5.56. The van der Waals surface area contributed by atoms with Gasteiger partial charge in [-0.3, -0.25) is 0 Å². The fourth-order valence-corrected chi connectivity index (χ4v) is 5.23. The van der Waals surface area contributed by atoms with Crippen molar-refractivity contribution in [2.24, 2.45) is 5.92 Å². The molecule has 158 valence electrons. The second-order valence-electron chi connectivity index (χ2n) is 8.13. The van der Waals surface area contributed by atoms with Gasteiger partial charge in [-0.1, -0.05) is 65.7 Å². The molecule has 5 heteroatoms. The van der Waals surface area contributed by atoms with Gasteiger partial charge in [0.15, 0.2) is 0 Å². The largest absolute Gasteiger partial charge is 0.506 e. The van der Waals surface area contributed by atoms with Crippen molar-refractivity contribution in [3.63, 3.8) is 0 Å². The first-order valence-corrected chi connectivity index (χ1v) is 11.3. The van der Waals surface area contributed by atoms with Gasteiger partial charge in [0, 0.05) is 28.6 Å². The van der Waals surface area contributed by atoms with E-state index < -0.39 is 0 Å². The Hall–Kier alpha value is -2.62. The first kappa shape index (κ1) is 20.3. The molecule has 3 aromatic rings. The lowest BCUT2D eigenvalue weighted by Crippen LogP contribution is -2.29. The van der Waals surface area contributed by atoms with E-state index >= 15 is 0 Å². The van der Waals surface area contributed by atoms with E-state index in [-0.39, 0.29) is 28.6 Å². The highest BCUT2D eigenvalue weighted by Crippen LogP contribution is 2.52. The van der Waals surface area contributed by atoms with Gasteiger partial charge in [0.05, 0.1) is 17.7 Å². The maximum atomic E-state index is 10.6. The van der Waals surface area contributed by atoms with Crippen LogP contribution in [0, 0.1) is 5.92 Å². The first-order chi connectivity index (χ1) is 15.1. The molecule has 3 atom stereocenters. The van der Waals surface area contributed by atoms with Crippen molar-refractivity contribution >= 4 is 28.9 Å². The van der Waals surface area contributed by atoms with Crippen LogP contribution in [-0.4, -0.2) is 11.7 Å². The minimum atomic E-state index is -0.0754. The molecule has 0 saturated heterocycles. The Morgan fingerprint density at radius 1 is 1.00 bits per heavy atom. The van der Waals surface area contributed by atoms with E-state index in [1.165, 1.54) is 11.1 Å². The molecule has 5 rings (SSSR count). The van der Waals surface area contributed by atoms with Crippen molar-refractivity contribution in [3.8, 4) is 11.5 Å². The van der Waals surface area contributed by atoms with E-state index in [0.29, 0.717) is 11.6 Å². The van der Waals surface area contributed by atoms with Crippen LogP contribution >= 0.6 is 23.2 Å². The van der Waals surface area contributed by atoms with Gasteiger partial charge in [0.1, 0.15) is 11.5 Å². The second kappa shape index (κ2) is 8.49. The van der Waals surface area contributed by atoms with Gasteiger partial charge in [0.2, 0.25) is 0 Å². The molecule has 0 amide bonds. The fourth-order valence-electron chi connectivity index (χ4n) is 4.72. The molecule has 2 aliphatic rings. The zero-order valence-electron chi connectivity index (χ0n) is 16.9. The number of anilines is 1. The Bertz CT molecular complexity index is 1130. The van der Waals surface area contributed by atoms with Crippen LogP contribution in [0.5, 0.6) is 11.5 Å². The van der Waals surface area contributed by atoms with Gasteiger partial charge in [-0.25, -0.2) is 0 Å². The molecule has 0 bridgehead atoms. The average molecular weight is 452 g/mol. The molecular weight excluding hydrogens is 429 g/mol. The van der Waals surface area contributed by atoms with E-state index in [2.05, 4.69) is 41.7 Å². The third-order valence-electron chi connectivity index (χ3n) is 6.23. The van der Waals surface area contributed by atoms with Crippen LogP contribution in [0.2, 0.25) is 10.0 Å². The third-order valence-corrected chi connectivity index (χ3v) is 6.74. The highest BCUT2D eigenvalue weighted by Gasteiger charge is 2.39. The van der Waals surface area contributed by atoms with E-state index in [0.717, 1.165) is 29.8 Å². The van der Waals surface area contributed by atoms with Crippen molar-refractivity contribution in [3.05, 3.63) is 99.6 Å². The van der Waals surface area contributed by atoms with Crippen LogP contribution in [0.25, 0.3) is 0 Å². The summed E-state index contributed by atoms with van der Waals surface area (Å²) in [4.78, 5) is 0. The third kappa shape index (κ3) is 4.00. The minimum absolute atomic E-state index is 0.0754. The molecule has 3 nitrogen and oxygen atoms in total. The number of halogens is 2. The van der Waals surface area contributed by atoms with Gasteiger partial charge in [0.25, 0.3) is 0 Å². The topological polar surface area (TPSA) is 41.5 Å². The molecule has 0 fully saturated rings. The Balaban J connectivity index is 1.39. The number of rotatable bonds is 5. The number of hydrogen-bond donors (Lipinski definition) is 2. The summed E-state index contributed by atoms with van der Waals surface area (Å²) in [5.41, 5.74) is 4.28. The summed E-state index contributed by atoms with van der Waals surface area (Å²) >= 11 is 12.4. The number of benzene rings is 3. The molecule has 2 N–H and O–H groups in total. The quantitative estimate of drug-likeness (QED) is 0.404. The number of nitrogens with one attached hydrogen (secondary N) is 1. The van der Waals surface area contributed by atoms with Crippen LogP contribution in [0.1, 0.15) is 35.1 Å². The van der Waals surface area contributed by atoms with Crippen LogP contribution in [0.15, 0.2) is 72.8 Å². The second-order valence-corrected chi connectivity index (χ2v) is 8.98. The maximum absolute atomic E-state index is 10.6. The predicted octanol–water partition coefficient (Wildman–Crippen LogP) is 7.15. The summed E-state index contributed by atoms with van der Waals surface area (Å²) in [6.07, 6.45) is 6.27. The van der Waals surface area contributed by atoms with Crippen molar-refractivity contribution in [2.75, 3.05) is 11.9 Å². The summed E-state index contributed by atoms with van der Waals surface area (Å²) in [5, 5.41) is 15.0. The van der Waals surface area contributed by atoms with E-state index in [4.69, 9.17) is 27.9 Å². The molecule has 31 heavy (non-hydrogen) atoms. The standard InChI is InChI=1S/C26H23Cl2NO2/c27-17-13-22(26(30)23(28)14-17)25-20-8-4-7-19(20)21-15-18(9-10-24(21)29-25)31-12-11-16-5-2-1-3-6-16/h1-7,9-10,13-15,19-20,25,29-30H,8,11-12H2. The molecule has 3 aromatic carbocycles. The average Bonchev–Trinajstić information content (AvgIpc) is 3.27. The van der Waals surface area contributed by atoms with Crippen molar-refractivity contribution in [1.29, 1.82) is 0 Å². The highest BCUT2D eigenvalue weighted by atomic mass is 35.5. The molecular formula is C26H23Cl2NO2. The van der Waals surface area contributed by atoms with Gasteiger partial charge >= 0.3 is 0 Å². The molecule has 0 aromatic heterocycles. The molecule has 0 saturated carbocycles. The number of phenols is 1. The number of ether oxygens (including phenoxy) is 1. The monoisotopic (exact) mass is 451 g/mol. The summed E-state index contributed by atoms with van der Waals surface area (Å²) in [6, 6.07) is 19.9. The highest BCUT2D eigenvalue weighted by molar-refractivity contribution is 6.35. The summed E-state index contributed by atoms with van der Waals surface area (Å²) in [6.45, 7) is 0.637. The molecule has 1 aliphatic heterocycles. The number of phenolic OH excluding ortho intramolecular Hbond substituents is 1. The Morgan fingerprint density at radius 3 is 2.68 bits per heavy atom. The molecule has 1 aliphatic carbocycles. The van der Waals surface area contributed by atoms with Gasteiger partial charge < -0.3 is 15.2 Å². The van der Waals surface area contributed by atoms with Gasteiger partial charge in [-0.05, 0) is 53.8 Å². The van der Waals surface area contributed by atoms with Crippen LogP contribution in [-0.2, 0) is 6.42 Å². The zero-order chi connectivity index (χ0) is 21.4. The molecule has 3 unspecified atom stereocenters. The Morgan fingerprint density at radius 2 is 1.84 bits per heavy atom. The van der Waals surface area contributed by atoms with Crippen LogP contribution < -0.4 is 10.1 Å². The lowest BCUT2D eigenvalue weighted by Gasteiger charge is -2.38. The Labute approximate surface area is 192 Å². The normalized spacial score (nSPS) is 21.3. The van der Waals surface area contributed by atoms with Crippen molar-refractivity contribution in [1.82, 2.24) is 0 Å². The van der Waals surface area contributed by atoms with E-state index in [1.807, 2.05) is 30.3 Å². The van der Waals surface area contributed by atoms with Crippen molar-refractivity contribution in [2.45, 2.75) is 24.8 Å². The van der Waals surface area contributed by atoms with E-state index in [1.54, 1.807) is 6.07 Å². The lowest BCUT2D eigenvalue weighted by atomic mass is 9.77. The summed E-state index contributed by atoms with van der Waals surface area (Å²) < 4.78 is 6.06. The number of aromatic hydroxyl groups is 1. The SMILES string of the molecule is Oc1c(Cl)cc(Cl)cc1C1Nc2ccc(OCCc3ccccc3)cc2C2C=CCC21. The fraction of sp³-hybridized carbons (Fsp3) is 0.231. The number of hydrogen-bond acceptors (Lipinski definition) is 3. The zero-order valence-corrected chi connectivity index (χ0v) is 18.4. The van der Waals surface area contributed by atoms with Crippen LogP contribution in [0.3, 0.4) is 0 Å². The molecule has 1 heterocycles. The summed E-state index contributed by atoms with van der Waals surface area (Å²) in [5.74, 6) is 1.49. The van der Waals surface area contributed by atoms with Crippen LogP contribution in [0.4, 0.5) is 5.69 Å². The van der Waals surface area contributed by atoms with Crippen molar-refractivity contribution < 1.29 is 9.84 Å². The first-order valence-electron chi connectivity index (χ1n) is 10.5. The lowest BCUT2D eigenvalue weighted by molar-refractivity contribution is 0.320. The minimum Gasteiger partial charge on any atom is -0.506 e. The maximum Gasteiger partial charge on any atom is 0.139 e. The molecule has 0 radical (unpaired) electrons. The summed E-state index contributed by atoms with van der Waals surface area (Å²) in [7, 11) is 0. The predicted molar refractivity (Wildman–Crippen MR) is 127 cm³/mol. The molecule has 0 spiro atoms. The number of allylic oxidation sites excluding steroid dienone is 2. The van der Waals surface area contributed by atoms with Gasteiger partial charge in [-0.2, -0.15) is 0 Å². The van der Waals surface area contributed by atoms with Gasteiger partial charge in [-0.15, -0.1) is 0 Å². The van der Waals surface area contributed by atoms with E-state index in [9.17, 15) is 5.11 Å². The number of fused-ring (bicyclic) bond motifs is 3.